The predicted octanol–water partition coefficient (Wildman–Crippen LogP) is 3.67. The van der Waals surface area contributed by atoms with E-state index in [1.165, 1.54) is 0 Å². The van der Waals surface area contributed by atoms with Crippen LogP contribution < -0.4 is 15.8 Å². The van der Waals surface area contributed by atoms with Gasteiger partial charge in [-0.15, -0.1) is 0 Å². The third kappa shape index (κ3) is 2.82. The number of nitrogens with one attached hydrogen (secondary N) is 1. The van der Waals surface area contributed by atoms with E-state index in [-0.39, 0.29) is 0 Å². The van der Waals surface area contributed by atoms with Gasteiger partial charge in [-0.25, -0.2) is 0 Å². The van der Waals surface area contributed by atoms with Crippen molar-refractivity contribution in [3.63, 3.8) is 0 Å². The summed E-state index contributed by atoms with van der Waals surface area (Å²) in [7, 11) is 1.64. The number of methoxy groups -OCH3 is 1. The molecule has 0 aliphatic rings. The molecule has 4 heteroatoms. The van der Waals surface area contributed by atoms with Crippen LogP contribution in [-0.2, 0) is 0 Å². The number of ether oxygens (including phenoxy) is 1. The van der Waals surface area contributed by atoms with Gasteiger partial charge < -0.3 is 15.8 Å². The highest BCUT2D eigenvalue weighted by atomic mass is 35.5. The van der Waals surface area contributed by atoms with E-state index in [2.05, 4.69) is 5.32 Å². The van der Waals surface area contributed by atoms with Gasteiger partial charge in [0.15, 0.2) is 0 Å². The third-order valence-corrected chi connectivity index (χ3v) is 2.62. The molecule has 0 fully saturated rings. The Labute approximate surface area is 105 Å². The van der Waals surface area contributed by atoms with Gasteiger partial charge in [-0.3, -0.25) is 0 Å². The second-order valence-electron chi connectivity index (χ2n) is 3.59. The summed E-state index contributed by atoms with van der Waals surface area (Å²) >= 11 is 5.92. The minimum absolute atomic E-state index is 0.648. The topological polar surface area (TPSA) is 47.3 Å². The number of rotatable bonds is 3. The smallest absolute Gasteiger partial charge is 0.119 e. The second-order valence-corrected chi connectivity index (χ2v) is 4.02. The number of halogens is 1. The van der Waals surface area contributed by atoms with Crippen LogP contribution in [-0.4, -0.2) is 7.11 Å². The highest BCUT2D eigenvalue weighted by molar-refractivity contribution is 6.31. The second kappa shape index (κ2) is 4.97. The van der Waals surface area contributed by atoms with E-state index in [0.29, 0.717) is 10.7 Å². The van der Waals surface area contributed by atoms with Gasteiger partial charge >= 0.3 is 0 Å². The van der Waals surface area contributed by atoms with E-state index < -0.39 is 0 Å². The number of anilines is 3. The lowest BCUT2D eigenvalue weighted by molar-refractivity contribution is 0.415. The number of nitrogens with two attached hydrogens (primary N) is 1. The van der Waals surface area contributed by atoms with Crippen LogP contribution in [0.5, 0.6) is 5.75 Å². The maximum absolute atomic E-state index is 5.92. The average molecular weight is 249 g/mol. The SMILES string of the molecule is COc1ccc(Nc2cc(Cl)ccc2N)cc1. The lowest BCUT2D eigenvalue weighted by Gasteiger charge is -2.10. The molecule has 0 unspecified atom stereocenters. The van der Waals surface area contributed by atoms with Crippen LogP contribution in [0.3, 0.4) is 0 Å². The largest absolute Gasteiger partial charge is 0.497 e. The zero-order valence-electron chi connectivity index (χ0n) is 9.41. The molecule has 3 N–H and O–H groups in total. The Hall–Kier alpha value is -1.87. The molecule has 2 rings (SSSR count). The number of hydrogen-bond donors (Lipinski definition) is 2. The van der Waals surface area contributed by atoms with Crippen molar-refractivity contribution in [3.8, 4) is 5.75 Å². The van der Waals surface area contributed by atoms with Crippen molar-refractivity contribution in [2.75, 3.05) is 18.2 Å². The molecule has 0 saturated heterocycles. The summed E-state index contributed by atoms with van der Waals surface area (Å²) in [5, 5.41) is 3.85. The van der Waals surface area contributed by atoms with Gasteiger partial charge in [0, 0.05) is 10.7 Å². The first-order valence-electron chi connectivity index (χ1n) is 5.15. The fraction of sp³-hybridized carbons (Fsp3) is 0.0769. The van der Waals surface area contributed by atoms with Crippen LogP contribution in [0.4, 0.5) is 17.1 Å². The Kier molecular flexibility index (Phi) is 3.40. The minimum atomic E-state index is 0.648. The molecule has 17 heavy (non-hydrogen) atoms. The lowest BCUT2D eigenvalue weighted by Crippen LogP contribution is -1.96. The van der Waals surface area contributed by atoms with Crippen LogP contribution in [0, 0.1) is 0 Å². The molecule has 0 aromatic heterocycles. The van der Waals surface area contributed by atoms with Gasteiger partial charge in [0.05, 0.1) is 18.5 Å². The molecule has 0 heterocycles. The molecule has 0 aliphatic heterocycles. The molecule has 0 amide bonds. The van der Waals surface area contributed by atoms with Crippen LogP contribution in [0.2, 0.25) is 5.02 Å². The molecular formula is C13H13ClN2O. The van der Waals surface area contributed by atoms with E-state index in [9.17, 15) is 0 Å². The van der Waals surface area contributed by atoms with Gasteiger partial charge in [0.25, 0.3) is 0 Å². The zero-order valence-corrected chi connectivity index (χ0v) is 10.2. The molecule has 0 spiro atoms. The van der Waals surface area contributed by atoms with Crippen molar-refractivity contribution in [1.29, 1.82) is 0 Å². The Morgan fingerprint density at radius 3 is 2.47 bits per heavy atom. The van der Waals surface area contributed by atoms with Crippen molar-refractivity contribution in [2.45, 2.75) is 0 Å². The van der Waals surface area contributed by atoms with Crippen LogP contribution in [0.15, 0.2) is 42.5 Å². The quantitative estimate of drug-likeness (QED) is 0.815. The van der Waals surface area contributed by atoms with Gasteiger partial charge in [0.2, 0.25) is 0 Å². The standard InChI is InChI=1S/C13H13ClN2O/c1-17-11-5-3-10(4-6-11)16-13-8-9(14)2-7-12(13)15/h2-8,16H,15H2,1H3. The number of benzene rings is 2. The monoisotopic (exact) mass is 248 g/mol. The van der Waals surface area contributed by atoms with Crippen molar-refractivity contribution in [3.05, 3.63) is 47.5 Å². The Bertz CT molecular complexity index is 511. The molecule has 2 aromatic carbocycles. The highest BCUT2D eigenvalue weighted by Crippen LogP contribution is 2.27. The molecule has 3 nitrogen and oxygen atoms in total. The Balaban J connectivity index is 2.22. The summed E-state index contributed by atoms with van der Waals surface area (Å²) in [5.74, 6) is 0.814. The van der Waals surface area contributed by atoms with Gasteiger partial charge in [-0.1, -0.05) is 11.6 Å². The maximum Gasteiger partial charge on any atom is 0.119 e. The first-order chi connectivity index (χ1) is 8.19. The van der Waals surface area contributed by atoms with Crippen molar-refractivity contribution in [2.24, 2.45) is 0 Å². The Morgan fingerprint density at radius 2 is 1.82 bits per heavy atom. The summed E-state index contributed by atoms with van der Waals surface area (Å²) < 4.78 is 5.09. The fourth-order valence-electron chi connectivity index (χ4n) is 1.47. The minimum Gasteiger partial charge on any atom is -0.497 e. The van der Waals surface area contributed by atoms with Crippen LogP contribution in [0.25, 0.3) is 0 Å². The van der Waals surface area contributed by atoms with E-state index >= 15 is 0 Å². The summed E-state index contributed by atoms with van der Waals surface area (Å²) in [4.78, 5) is 0. The molecule has 0 saturated carbocycles. The maximum atomic E-state index is 5.92. The first kappa shape index (κ1) is 11.6. The molecule has 0 bridgehead atoms. The fourth-order valence-corrected chi connectivity index (χ4v) is 1.64. The molecule has 2 aromatic rings. The van der Waals surface area contributed by atoms with Gasteiger partial charge in [-0.2, -0.15) is 0 Å². The first-order valence-corrected chi connectivity index (χ1v) is 5.53. The van der Waals surface area contributed by atoms with Crippen molar-refractivity contribution >= 4 is 28.7 Å². The van der Waals surface area contributed by atoms with E-state index in [0.717, 1.165) is 17.1 Å². The molecule has 88 valence electrons. The summed E-state index contributed by atoms with van der Waals surface area (Å²) in [6, 6.07) is 12.9. The van der Waals surface area contributed by atoms with E-state index in [1.54, 1.807) is 25.3 Å². The molecule has 0 atom stereocenters. The molecule has 0 aliphatic carbocycles. The summed E-state index contributed by atoms with van der Waals surface area (Å²) in [5.41, 5.74) is 8.23. The molecule has 0 radical (unpaired) electrons. The van der Waals surface area contributed by atoms with Crippen LogP contribution in [0.1, 0.15) is 0 Å². The van der Waals surface area contributed by atoms with Gasteiger partial charge in [0.1, 0.15) is 5.75 Å². The third-order valence-electron chi connectivity index (χ3n) is 2.38. The number of hydrogen-bond acceptors (Lipinski definition) is 3. The highest BCUT2D eigenvalue weighted by Gasteiger charge is 2.01. The predicted molar refractivity (Wildman–Crippen MR) is 72.1 cm³/mol. The average Bonchev–Trinajstić information content (AvgIpc) is 2.35. The summed E-state index contributed by atoms with van der Waals surface area (Å²) in [6.45, 7) is 0. The van der Waals surface area contributed by atoms with Gasteiger partial charge in [-0.05, 0) is 42.5 Å². The number of nitrogen functional groups attached to an aromatic ring is 1. The normalized spacial score (nSPS) is 10.0. The Morgan fingerprint density at radius 1 is 1.12 bits per heavy atom. The van der Waals surface area contributed by atoms with E-state index in [1.807, 2.05) is 24.3 Å². The van der Waals surface area contributed by atoms with Crippen molar-refractivity contribution in [1.82, 2.24) is 0 Å². The van der Waals surface area contributed by atoms with Crippen molar-refractivity contribution < 1.29 is 4.74 Å². The van der Waals surface area contributed by atoms with E-state index in [4.69, 9.17) is 22.1 Å². The lowest BCUT2D eigenvalue weighted by atomic mass is 10.2. The zero-order chi connectivity index (χ0) is 12.3. The summed E-state index contributed by atoms with van der Waals surface area (Å²) in [6.07, 6.45) is 0. The molecular weight excluding hydrogens is 236 g/mol. The van der Waals surface area contributed by atoms with Crippen LogP contribution >= 0.6 is 11.6 Å².